The summed E-state index contributed by atoms with van der Waals surface area (Å²) in [7, 11) is 1.82. The van der Waals surface area contributed by atoms with Gasteiger partial charge in [0.1, 0.15) is 0 Å². The lowest BCUT2D eigenvalue weighted by molar-refractivity contribution is 0.293. The lowest BCUT2D eigenvalue weighted by Crippen LogP contribution is -2.25. The zero-order chi connectivity index (χ0) is 24.3. The van der Waals surface area contributed by atoms with Crippen LogP contribution >= 0.6 is 0 Å². The summed E-state index contributed by atoms with van der Waals surface area (Å²) < 4.78 is 0. The molecule has 1 aliphatic carbocycles. The van der Waals surface area contributed by atoms with Crippen molar-refractivity contribution in [2.45, 2.75) is 39.5 Å². The molecule has 7 N–H and O–H groups in total. The van der Waals surface area contributed by atoms with E-state index in [1.807, 2.05) is 33.0 Å². The zero-order valence-electron chi connectivity index (χ0n) is 20.5. The minimum Gasteiger partial charge on any atom is -0.385 e. The van der Waals surface area contributed by atoms with Crippen molar-refractivity contribution in [1.29, 1.82) is 0 Å². The molecule has 0 atom stereocenters. The minimum atomic E-state index is -0.0398. The van der Waals surface area contributed by atoms with E-state index in [0.29, 0.717) is 11.8 Å². The first-order valence-electron chi connectivity index (χ1n) is 12.0. The maximum atomic E-state index is 5.36. The van der Waals surface area contributed by atoms with Crippen LogP contribution in [0.2, 0.25) is 0 Å². The van der Waals surface area contributed by atoms with Crippen molar-refractivity contribution in [3.63, 3.8) is 0 Å². The Morgan fingerprint density at radius 2 is 1.29 bits per heavy atom. The Kier molecular flexibility index (Phi) is 9.31. The Bertz CT molecular complexity index is 1010. The van der Waals surface area contributed by atoms with Gasteiger partial charge in [-0.05, 0) is 86.8 Å². The SMILES string of the molecule is CN/N=C(\C)c1cccc(NCC2CCC(CNc3cccc(/C(C)=N/N=C(N)N)c3)CC2)c1. The molecule has 1 saturated carbocycles. The number of hydrogen-bond acceptors (Lipinski definition) is 6. The molecule has 34 heavy (non-hydrogen) atoms. The van der Waals surface area contributed by atoms with Crippen molar-refractivity contribution >= 4 is 28.8 Å². The molecule has 2 aromatic rings. The van der Waals surface area contributed by atoms with Crippen molar-refractivity contribution in [3.8, 4) is 0 Å². The van der Waals surface area contributed by atoms with Crippen LogP contribution in [0.25, 0.3) is 0 Å². The average Bonchev–Trinajstić information content (AvgIpc) is 2.86. The highest BCUT2D eigenvalue weighted by Crippen LogP contribution is 2.29. The van der Waals surface area contributed by atoms with Gasteiger partial charge in [0.2, 0.25) is 5.96 Å². The molecular weight excluding hydrogens is 424 g/mol. The molecule has 0 bridgehead atoms. The van der Waals surface area contributed by atoms with E-state index in [2.05, 4.69) is 67.8 Å². The van der Waals surface area contributed by atoms with Gasteiger partial charge in [-0.3, -0.25) is 0 Å². The van der Waals surface area contributed by atoms with E-state index in [4.69, 9.17) is 11.5 Å². The van der Waals surface area contributed by atoms with E-state index in [-0.39, 0.29) is 5.96 Å². The highest BCUT2D eigenvalue weighted by molar-refractivity contribution is 6.00. The molecule has 0 amide bonds. The highest BCUT2D eigenvalue weighted by Gasteiger charge is 2.21. The van der Waals surface area contributed by atoms with Crippen LogP contribution in [0.1, 0.15) is 50.7 Å². The molecule has 8 nitrogen and oxygen atoms in total. The second kappa shape index (κ2) is 12.6. The van der Waals surface area contributed by atoms with Gasteiger partial charge in [0.25, 0.3) is 0 Å². The smallest absolute Gasteiger partial charge is 0.211 e. The first kappa shape index (κ1) is 25.1. The number of rotatable bonds is 10. The molecule has 1 fully saturated rings. The molecule has 1 aliphatic rings. The van der Waals surface area contributed by atoms with Crippen LogP contribution in [-0.4, -0.2) is 37.5 Å². The van der Waals surface area contributed by atoms with Gasteiger partial charge in [-0.2, -0.15) is 10.2 Å². The number of anilines is 2. The number of nitrogens with zero attached hydrogens (tertiary/aromatic N) is 3. The van der Waals surface area contributed by atoms with Gasteiger partial charge in [-0.15, -0.1) is 5.10 Å². The van der Waals surface area contributed by atoms with Gasteiger partial charge in [0.15, 0.2) is 0 Å². The van der Waals surface area contributed by atoms with E-state index in [1.54, 1.807) is 0 Å². The Labute approximate surface area is 203 Å². The van der Waals surface area contributed by atoms with Crippen LogP contribution in [0.4, 0.5) is 11.4 Å². The van der Waals surface area contributed by atoms with Crippen molar-refractivity contribution in [2.24, 2.45) is 38.6 Å². The monoisotopic (exact) mass is 462 g/mol. The Morgan fingerprint density at radius 1 is 0.794 bits per heavy atom. The molecule has 2 aromatic carbocycles. The largest absolute Gasteiger partial charge is 0.385 e. The van der Waals surface area contributed by atoms with Gasteiger partial charge in [-0.1, -0.05) is 24.3 Å². The molecule has 182 valence electrons. The van der Waals surface area contributed by atoms with Crippen LogP contribution in [0.5, 0.6) is 0 Å². The summed E-state index contributed by atoms with van der Waals surface area (Å²) in [5.74, 6) is 1.37. The predicted octanol–water partition coefficient (Wildman–Crippen LogP) is 3.96. The molecule has 0 spiro atoms. The van der Waals surface area contributed by atoms with Crippen LogP contribution < -0.4 is 27.5 Å². The fraction of sp³-hybridized carbons (Fsp3) is 0.423. The molecular formula is C26H38N8. The zero-order valence-corrected chi connectivity index (χ0v) is 20.5. The number of hydrogen-bond donors (Lipinski definition) is 5. The van der Waals surface area contributed by atoms with Gasteiger partial charge in [0.05, 0.1) is 11.4 Å². The summed E-state index contributed by atoms with van der Waals surface area (Å²) >= 11 is 0. The summed E-state index contributed by atoms with van der Waals surface area (Å²) in [4.78, 5) is 0. The predicted molar refractivity (Wildman–Crippen MR) is 145 cm³/mol. The Balaban J connectivity index is 1.43. The number of benzene rings is 2. The first-order chi connectivity index (χ1) is 16.4. The molecule has 0 heterocycles. The molecule has 0 radical (unpaired) electrons. The number of nitrogens with one attached hydrogen (secondary N) is 3. The van der Waals surface area contributed by atoms with Crippen molar-refractivity contribution in [3.05, 3.63) is 59.7 Å². The fourth-order valence-electron chi connectivity index (χ4n) is 4.30. The topological polar surface area (TPSA) is 125 Å². The summed E-state index contributed by atoms with van der Waals surface area (Å²) in [6, 6.07) is 16.7. The lowest BCUT2D eigenvalue weighted by Gasteiger charge is -2.29. The van der Waals surface area contributed by atoms with Crippen molar-refractivity contribution in [2.75, 3.05) is 30.8 Å². The third kappa shape index (κ3) is 7.79. The third-order valence-electron chi connectivity index (χ3n) is 6.31. The Morgan fingerprint density at radius 3 is 1.76 bits per heavy atom. The maximum Gasteiger partial charge on any atom is 0.211 e. The third-order valence-corrected chi connectivity index (χ3v) is 6.31. The summed E-state index contributed by atoms with van der Waals surface area (Å²) in [6.07, 6.45) is 5.00. The van der Waals surface area contributed by atoms with E-state index >= 15 is 0 Å². The van der Waals surface area contributed by atoms with E-state index in [1.165, 1.54) is 25.7 Å². The molecule has 0 unspecified atom stereocenters. The second-order valence-corrected chi connectivity index (χ2v) is 8.94. The Hall–Kier alpha value is -3.55. The van der Waals surface area contributed by atoms with Gasteiger partial charge < -0.3 is 27.5 Å². The van der Waals surface area contributed by atoms with E-state index in [9.17, 15) is 0 Å². The van der Waals surface area contributed by atoms with Crippen LogP contribution in [-0.2, 0) is 0 Å². The molecule has 8 heteroatoms. The molecule has 0 aliphatic heterocycles. The minimum absolute atomic E-state index is 0.0398. The van der Waals surface area contributed by atoms with Crippen LogP contribution in [0.3, 0.4) is 0 Å². The molecule has 3 rings (SSSR count). The lowest BCUT2D eigenvalue weighted by atomic mass is 9.82. The fourth-order valence-corrected chi connectivity index (χ4v) is 4.30. The normalized spacial score (nSPS) is 18.8. The number of guanidine groups is 1. The first-order valence-corrected chi connectivity index (χ1v) is 12.0. The highest BCUT2D eigenvalue weighted by atomic mass is 15.3. The summed E-state index contributed by atoms with van der Waals surface area (Å²) in [5, 5.41) is 19.3. The van der Waals surface area contributed by atoms with Gasteiger partial charge in [0, 0.05) is 31.5 Å². The second-order valence-electron chi connectivity index (χ2n) is 8.94. The number of nitrogens with two attached hydrogens (primary N) is 2. The van der Waals surface area contributed by atoms with Gasteiger partial charge in [-0.25, -0.2) is 0 Å². The van der Waals surface area contributed by atoms with Crippen molar-refractivity contribution < 1.29 is 0 Å². The van der Waals surface area contributed by atoms with Crippen molar-refractivity contribution in [1.82, 2.24) is 5.43 Å². The van der Waals surface area contributed by atoms with E-state index < -0.39 is 0 Å². The molecule has 0 saturated heterocycles. The maximum absolute atomic E-state index is 5.36. The standard InChI is InChI=1S/C26H38N8/c1-18(32-29-3)22-6-4-8-24(14-22)30-16-20-10-12-21(13-11-20)17-31-25-9-5-7-23(15-25)19(2)33-34-26(27)28/h4-9,14-15,20-21,29-31H,10-13,16-17H2,1-3H3,(H4,27,28,34)/b32-18+,33-19+. The summed E-state index contributed by atoms with van der Waals surface area (Å²) in [5.41, 5.74) is 19.7. The van der Waals surface area contributed by atoms with Crippen LogP contribution in [0.15, 0.2) is 63.8 Å². The van der Waals surface area contributed by atoms with Crippen LogP contribution in [0, 0.1) is 11.8 Å². The quantitative estimate of drug-likeness (QED) is 0.208. The van der Waals surface area contributed by atoms with Gasteiger partial charge >= 0.3 is 0 Å². The number of hydrazone groups is 1. The average molecular weight is 463 g/mol. The summed E-state index contributed by atoms with van der Waals surface area (Å²) in [6.45, 7) is 5.92. The van der Waals surface area contributed by atoms with E-state index in [0.717, 1.165) is 47.0 Å². The molecule has 0 aromatic heterocycles.